The van der Waals surface area contributed by atoms with E-state index in [0.29, 0.717) is 6.42 Å². The maximum absolute atomic E-state index is 10.7. The van der Waals surface area contributed by atoms with Crippen molar-refractivity contribution in [3.8, 4) is 11.4 Å². The first-order valence-electron chi connectivity index (χ1n) is 6.55. The Morgan fingerprint density at radius 1 is 1.35 bits per heavy atom. The number of rotatable bonds is 5. The third-order valence-electron chi connectivity index (χ3n) is 3.36. The Morgan fingerprint density at radius 2 is 2.00 bits per heavy atom. The highest BCUT2D eigenvalue weighted by molar-refractivity contribution is 9.10. The number of benzene rings is 1. The molecule has 2 rings (SSSR count). The third-order valence-corrected chi connectivity index (χ3v) is 4.00. The summed E-state index contributed by atoms with van der Waals surface area (Å²) in [6, 6.07) is 8.28. The molecule has 0 spiro atoms. The molecule has 1 aromatic carbocycles. The van der Waals surface area contributed by atoms with Gasteiger partial charge >= 0.3 is 5.97 Å². The van der Waals surface area contributed by atoms with Crippen molar-refractivity contribution in [2.75, 3.05) is 0 Å². The van der Waals surface area contributed by atoms with Crippen LogP contribution in [0.25, 0.3) is 11.4 Å². The molecule has 0 saturated carbocycles. The van der Waals surface area contributed by atoms with Crippen molar-refractivity contribution in [2.45, 2.75) is 26.2 Å². The molecule has 20 heavy (non-hydrogen) atoms. The second-order valence-electron chi connectivity index (χ2n) is 4.68. The second kappa shape index (κ2) is 6.22. The number of aromatic nitrogens is 2. The van der Waals surface area contributed by atoms with Crippen molar-refractivity contribution in [1.82, 2.24) is 9.55 Å². The highest BCUT2D eigenvalue weighted by Crippen LogP contribution is 2.26. The third kappa shape index (κ3) is 3.10. The highest BCUT2D eigenvalue weighted by atomic mass is 79.9. The van der Waals surface area contributed by atoms with Gasteiger partial charge in [0.05, 0.1) is 12.1 Å². The summed E-state index contributed by atoms with van der Waals surface area (Å²) in [5, 5.41) is 8.79. The van der Waals surface area contributed by atoms with Gasteiger partial charge in [-0.05, 0) is 27.9 Å². The topological polar surface area (TPSA) is 55.1 Å². The van der Waals surface area contributed by atoms with Crippen LogP contribution in [0.3, 0.4) is 0 Å². The fourth-order valence-corrected chi connectivity index (χ4v) is 2.77. The van der Waals surface area contributed by atoms with E-state index in [-0.39, 0.29) is 6.42 Å². The fourth-order valence-electron chi connectivity index (χ4n) is 2.14. The lowest BCUT2D eigenvalue weighted by Crippen LogP contribution is -2.03. The van der Waals surface area contributed by atoms with Crippen LogP contribution in [0, 0.1) is 0 Å². The van der Waals surface area contributed by atoms with E-state index in [1.807, 2.05) is 11.6 Å². The minimum Gasteiger partial charge on any atom is -0.481 e. The summed E-state index contributed by atoms with van der Waals surface area (Å²) in [6.45, 7) is 2.12. The largest absolute Gasteiger partial charge is 0.481 e. The molecular weight excluding hydrogens is 320 g/mol. The van der Waals surface area contributed by atoms with Gasteiger partial charge in [-0.1, -0.05) is 31.2 Å². The van der Waals surface area contributed by atoms with E-state index in [9.17, 15) is 4.79 Å². The predicted octanol–water partition coefficient (Wildman–Crippen LogP) is 3.43. The van der Waals surface area contributed by atoms with Crippen LogP contribution in [0.1, 0.15) is 24.6 Å². The Hall–Kier alpha value is -1.62. The quantitative estimate of drug-likeness (QED) is 0.909. The summed E-state index contributed by atoms with van der Waals surface area (Å²) in [4.78, 5) is 15.2. The summed E-state index contributed by atoms with van der Waals surface area (Å²) in [7, 11) is 1.91. The predicted molar refractivity (Wildman–Crippen MR) is 81.7 cm³/mol. The first kappa shape index (κ1) is 14.8. The molecule has 0 atom stereocenters. The molecule has 0 aliphatic heterocycles. The van der Waals surface area contributed by atoms with E-state index in [2.05, 4.69) is 52.1 Å². The van der Waals surface area contributed by atoms with Crippen molar-refractivity contribution < 1.29 is 9.90 Å². The SMILES string of the molecule is CCc1ccc(-c2nc(Br)c(CCC(=O)O)n2C)cc1. The minimum absolute atomic E-state index is 0.104. The van der Waals surface area contributed by atoms with Crippen molar-refractivity contribution in [3.63, 3.8) is 0 Å². The van der Waals surface area contributed by atoms with Gasteiger partial charge in [-0.15, -0.1) is 0 Å². The minimum atomic E-state index is -0.799. The van der Waals surface area contributed by atoms with Gasteiger partial charge in [0.2, 0.25) is 0 Å². The Balaban J connectivity index is 2.32. The van der Waals surface area contributed by atoms with Crippen LogP contribution in [-0.2, 0) is 24.7 Å². The number of carbonyl (C=O) groups is 1. The number of aryl methyl sites for hydroxylation is 1. The average molecular weight is 337 g/mol. The molecule has 4 nitrogen and oxygen atoms in total. The van der Waals surface area contributed by atoms with Gasteiger partial charge in [-0.2, -0.15) is 0 Å². The van der Waals surface area contributed by atoms with E-state index in [1.54, 1.807) is 0 Å². The van der Waals surface area contributed by atoms with Crippen LogP contribution in [0.5, 0.6) is 0 Å². The molecule has 0 aliphatic rings. The molecule has 1 N–H and O–H groups in total. The molecule has 0 unspecified atom stereocenters. The van der Waals surface area contributed by atoms with Crippen LogP contribution in [0.2, 0.25) is 0 Å². The van der Waals surface area contributed by atoms with E-state index >= 15 is 0 Å². The first-order chi connectivity index (χ1) is 9.52. The van der Waals surface area contributed by atoms with Gasteiger partial charge in [0, 0.05) is 19.0 Å². The lowest BCUT2D eigenvalue weighted by Gasteiger charge is -2.06. The van der Waals surface area contributed by atoms with Crippen molar-refractivity contribution in [2.24, 2.45) is 7.05 Å². The van der Waals surface area contributed by atoms with Crippen LogP contribution in [-0.4, -0.2) is 20.6 Å². The highest BCUT2D eigenvalue weighted by Gasteiger charge is 2.15. The van der Waals surface area contributed by atoms with Crippen LogP contribution in [0.4, 0.5) is 0 Å². The maximum atomic E-state index is 10.7. The zero-order valence-corrected chi connectivity index (χ0v) is 13.1. The van der Waals surface area contributed by atoms with Gasteiger partial charge in [-0.3, -0.25) is 4.79 Å². The van der Waals surface area contributed by atoms with Crippen LogP contribution < -0.4 is 0 Å². The van der Waals surface area contributed by atoms with E-state index in [4.69, 9.17) is 5.11 Å². The smallest absolute Gasteiger partial charge is 0.303 e. The number of hydrogen-bond acceptors (Lipinski definition) is 2. The first-order valence-corrected chi connectivity index (χ1v) is 7.34. The van der Waals surface area contributed by atoms with Crippen molar-refractivity contribution in [1.29, 1.82) is 0 Å². The molecule has 106 valence electrons. The zero-order valence-electron chi connectivity index (χ0n) is 11.6. The molecule has 0 fully saturated rings. The molecule has 5 heteroatoms. The summed E-state index contributed by atoms with van der Waals surface area (Å²) in [6.07, 6.45) is 1.58. The Kier molecular flexibility index (Phi) is 4.60. The van der Waals surface area contributed by atoms with Gasteiger partial charge in [0.25, 0.3) is 0 Å². The molecule has 0 saturated heterocycles. The number of nitrogens with zero attached hydrogens (tertiary/aromatic N) is 2. The van der Waals surface area contributed by atoms with Gasteiger partial charge < -0.3 is 9.67 Å². The molecule has 0 amide bonds. The molecule has 0 radical (unpaired) electrons. The van der Waals surface area contributed by atoms with E-state index < -0.39 is 5.97 Å². The van der Waals surface area contributed by atoms with E-state index in [1.165, 1.54) is 5.56 Å². The fraction of sp³-hybridized carbons (Fsp3) is 0.333. The number of hydrogen-bond donors (Lipinski definition) is 1. The Labute approximate surface area is 126 Å². The van der Waals surface area contributed by atoms with Crippen LogP contribution in [0.15, 0.2) is 28.9 Å². The van der Waals surface area contributed by atoms with Crippen LogP contribution >= 0.6 is 15.9 Å². The van der Waals surface area contributed by atoms with Crippen molar-refractivity contribution >= 4 is 21.9 Å². The van der Waals surface area contributed by atoms with E-state index in [0.717, 1.165) is 28.1 Å². The van der Waals surface area contributed by atoms with Gasteiger partial charge in [0.1, 0.15) is 10.4 Å². The molecule has 0 aliphatic carbocycles. The lowest BCUT2D eigenvalue weighted by atomic mass is 10.1. The number of carboxylic acids is 1. The lowest BCUT2D eigenvalue weighted by molar-refractivity contribution is -0.136. The normalized spacial score (nSPS) is 10.8. The standard InChI is InChI=1S/C15H17BrN2O2/c1-3-10-4-6-11(7-5-10)15-17-14(16)12(18(15)2)8-9-13(19)20/h4-7H,3,8-9H2,1-2H3,(H,19,20). The molecule has 0 bridgehead atoms. The number of carboxylic acid groups (broad SMARTS) is 1. The summed E-state index contributed by atoms with van der Waals surface area (Å²) in [5.74, 6) is 0.0480. The summed E-state index contributed by atoms with van der Waals surface area (Å²) < 4.78 is 2.67. The monoisotopic (exact) mass is 336 g/mol. The maximum Gasteiger partial charge on any atom is 0.303 e. The summed E-state index contributed by atoms with van der Waals surface area (Å²) >= 11 is 3.42. The summed E-state index contributed by atoms with van der Waals surface area (Å²) in [5.41, 5.74) is 3.22. The number of aliphatic carboxylic acids is 1. The van der Waals surface area contributed by atoms with Gasteiger partial charge in [-0.25, -0.2) is 4.98 Å². The molecule has 1 aromatic heterocycles. The number of halogens is 1. The Bertz CT molecular complexity index is 618. The molecular formula is C15H17BrN2O2. The molecule has 1 heterocycles. The van der Waals surface area contributed by atoms with Crippen molar-refractivity contribution in [3.05, 3.63) is 40.1 Å². The second-order valence-corrected chi connectivity index (χ2v) is 5.43. The average Bonchev–Trinajstić information content (AvgIpc) is 2.72. The molecule has 2 aromatic rings. The Morgan fingerprint density at radius 3 is 2.55 bits per heavy atom. The zero-order chi connectivity index (χ0) is 14.7. The van der Waals surface area contributed by atoms with Gasteiger partial charge in [0.15, 0.2) is 0 Å². The number of imidazole rings is 1.